The summed E-state index contributed by atoms with van der Waals surface area (Å²) in [6.07, 6.45) is 7.01. The van der Waals surface area contributed by atoms with E-state index in [-0.39, 0.29) is 6.10 Å². The van der Waals surface area contributed by atoms with Crippen LogP contribution in [0.4, 0.5) is 0 Å². The SMILES string of the molecule is COc1ccc(COCC2COC(CCc3ccc(Br)cc3)(Cn3ccnc3)O2)cc1. The van der Waals surface area contributed by atoms with Gasteiger partial charge in [0, 0.05) is 23.3 Å². The Morgan fingerprint density at radius 2 is 1.90 bits per heavy atom. The van der Waals surface area contributed by atoms with Gasteiger partial charge in [-0.15, -0.1) is 0 Å². The predicted molar refractivity (Wildman–Crippen MR) is 121 cm³/mol. The third-order valence-corrected chi connectivity index (χ3v) is 5.86. The molecule has 3 aromatic rings. The zero-order valence-electron chi connectivity index (χ0n) is 17.6. The normalized spacial score (nSPS) is 20.8. The molecule has 1 saturated heterocycles. The lowest BCUT2D eigenvalue weighted by molar-refractivity contribution is -0.187. The number of benzene rings is 2. The van der Waals surface area contributed by atoms with Gasteiger partial charge >= 0.3 is 0 Å². The van der Waals surface area contributed by atoms with E-state index in [1.54, 1.807) is 19.6 Å². The van der Waals surface area contributed by atoms with Crippen molar-refractivity contribution >= 4 is 15.9 Å². The minimum atomic E-state index is -0.693. The molecule has 31 heavy (non-hydrogen) atoms. The van der Waals surface area contributed by atoms with Crippen LogP contribution in [-0.2, 0) is 33.8 Å². The third-order valence-electron chi connectivity index (χ3n) is 5.34. The minimum Gasteiger partial charge on any atom is -0.497 e. The highest BCUT2D eigenvalue weighted by Gasteiger charge is 2.41. The molecular formula is C24H27BrN2O4. The Bertz CT molecular complexity index is 931. The van der Waals surface area contributed by atoms with Crippen molar-refractivity contribution in [3.05, 3.63) is 82.9 Å². The van der Waals surface area contributed by atoms with Crippen LogP contribution in [0, 0.1) is 0 Å². The topological polar surface area (TPSA) is 54.7 Å². The van der Waals surface area contributed by atoms with Gasteiger partial charge in [-0.05, 0) is 41.8 Å². The Hall–Kier alpha value is -2.19. The van der Waals surface area contributed by atoms with E-state index in [0.717, 1.165) is 28.6 Å². The van der Waals surface area contributed by atoms with Gasteiger partial charge in [0.25, 0.3) is 0 Å². The first-order valence-corrected chi connectivity index (χ1v) is 11.2. The number of aromatic nitrogens is 2. The molecule has 0 amide bonds. The fraction of sp³-hybridized carbons (Fsp3) is 0.375. The smallest absolute Gasteiger partial charge is 0.187 e. The Kier molecular flexibility index (Phi) is 7.40. The molecular weight excluding hydrogens is 460 g/mol. The van der Waals surface area contributed by atoms with Crippen LogP contribution in [0.2, 0.25) is 0 Å². The first-order chi connectivity index (χ1) is 15.1. The van der Waals surface area contributed by atoms with Crippen molar-refractivity contribution in [2.24, 2.45) is 0 Å². The Morgan fingerprint density at radius 3 is 2.61 bits per heavy atom. The lowest BCUT2D eigenvalue weighted by Gasteiger charge is -2.28. The second-order valence-corrected chi connectivity index (χ2v) is 8.60. The molecule has 1 aromatic heterocycles. The number of ether oxygens (including phenoxy) is 4. The zero-order chi connectivity index (χ0) is 21.5. The maximum Gasteiger partial charge on any atom is 0.187 e. The molecule has 0 saturated carbocycles. The van der Waals surface area contributed by atoms with Crippen LogP contribution in [0.3, 0.4) is 0 Å². The Balaban J connectivity index is 1.33. The van der Waals surface area contributed by atoms with Gasteiger partial charge < -0.3 is 23.5 Å². The van der Waals surface area contributed by atoms with Crippen LogP contribution in [-0.4, -0.2) is 41.8 Å². The summed E-state index contributed by atoms with van der Waals surface area (Å²) in [5, 5.41) is 0. The van der Waals surface area contributed by atoms with Crippen molar-refractivity contribution in [1.29, 1.82) is 0 Å². The number of halogens is 1. The van der Waals surface area contributed by atoms with Crippen molar-refractivity contribution in [2.45, 2.75) is 37.9 Å². The standard InChI is InChI=1S/C24H27BrN2O4/c1-28-22-8-4-20(5-9-22)14-29-15-23-16-30-24(31-23,17-27-13-12-26-18-27)11-10-19-2-6-21(25)7-3-19/h2-9,12-13,18,23H,10-11,14-17H2,1H3. The molecule has 0 bridgehead atoms. The lowest BCUT2D eigenvalue weighted by atomic mass is 10.0. The second kappa shape index (κ2) is 10.4. The molecule has 1 aliphatic heterocycles. The summed E-state index contributed by atoms with van der Waals surface area (Å²) in [4.78, 5) is 4.15. The van der Waals surface area contributed by atoms with Gasteiger partial charge in [0.15, 0.2) is 5.79 Å². The van der Waals surface area contributed by atoms with E-state index < -0.39 is 5.79 Å². The van der Waals surface area contributed by atoms with Crippen molar-refractivity contribution in [3.63, 3.8) is 0 Å². The van der Waals surface area contributed by atoms with Crippen LogP contribution in [0.25, 0.3) is 0 Å². The van der Waals surface area contributed by atoms with Crippen molar-refractivity contribution in [1.82, 2.24) is 9.55 Å². The second-order valence-electron chi connectivity index (χ2n) is 7.69. The number of rotatable bonds is 10. The summed E-state index contributed by atoms with van der Waals surface area (Å²) in [7, 11) is 1.66. The molecule has 6 nitrogen and oxygen atoms in total. The highest BCUT2D eigenvalue weighted by molar-refractivity contribution is 9.10. The van der Waals surface area contributed by atoms with Gasteiger partial charge in [-0.2, -0.15) is 0 Å². The molecule has 2 aromatic carbocycles. The fourth-order valence-electron chi connectivity index (χ4n) is 3.67. The van der Waals surface area contributed by atoms with Gasteiger partial charge in [0.1, 0.15) is 11.9 Å². The molecule has 2 unspecified atom stereocenters. The Morgan fingerprint density at radius 1 is 1.13 bits per heavy atom. The lowest BCUT2D eigenvalue weighted by Crippen LogP contribution is -2.37. The summed E-state index contributed by atoms with van der Waals surface area (Å²) in [5.74, 6) is 0.147. The van der Waals surface area contributed by atoms with Crippen LogP contribution in [0.15, 0.2) is 71.7 Å². The molecule has 1 aliphatic rings. The maximum absolute atomic E-state index is 6.42. The monoisotopic (exact) mass is 486 g/mol. The van der Waals surface area contributed by atoms with Crippen LogP contribution in [0.5, 0.6) is 5.75 Å². The van der Waals surface area contributed by atoms with E-state index in [0.29, 0.717) is 26.4 Å². The van der Waals surface area contributed by atoms with Crippen LogP contribution in [0.1, 0.15) is 17.5 Å². The number of imidazole rings is 1. The average molecular weight is 487 g/mol. The average Bonchev–Trinajstić information content (AvgIpc) is 3.45. The molecule has 0 N–H and O–H groups in total. The molecule has 1 fully saturated rings. The molecule has 7 heteroatoms. The minimum absolute atomic E-state index is 0.105. The number of aryl methyl sites for hydroxylation is 1. The van der Waals surface area contributed by atoms with Gasteiger partial charge in [-0.1, -0.05) is 40.2 Å². The molecule has 0 radical (unpaired) electrons. The highest BCUT2D eigenvalue weighted by atomic mass is 79.9. The molecule has 164 valence electrons. The van der Waals surface area contributed by atoms with E-state index in [1.165, 1.54) is 5.56 Å². The summed E-state index contributed by atoms with van der Waals surface area (Å²) in [5.41, 5.74) is 2.35. The van der Waals surface area contributed by atoms with Crippen LogP contribution >= 0.6 is 15.9 Å². The number of nitrogens with zero attached hydrogens (tertiary/aromatic N) is 2. The van der Waals surface area contributed by atoms with Crippen molar-refractivity contribution < 1.29 is 18.9 Å². The van der Waals surface area contributed by atoms with E-state index in [9.17, 15) is 0 Å². The summed E-state index contributed by atoms with van der Waals surface area (Å²) in [6.45, 7) is 2.11. The first-order valence-electron chi connectivity index (χ1n) is 10.4. The predicted octanol–water partition coefficient (Wildman–Crippen LogP) is 4.62. The van der Waals surface area contributed by atoms with E-state index in [4.69, 9.17) is 18.9 Å². The highest BCUT2D eigenvalue weighted by Crippen LogP contribution is 2.31. The molecule has 2 atom stereocenters. The summed E-state index contributed by atoms with van der Waals surface area (Å²) in [6, 6.07) is 16.3. The molecule has 2 heterocycles. The van der Waals surface area contributed by atoms with Crippen molar-refractivity contribution in [2.75, 3.05) is 20.3 Å². The number of hydrogen-bond acceptors (Lipinski definition) is 5. The molecule has 0 spiro atoms. The third kappa shape index (κ3) is 6.17. The van der Waals surface area contributed by atoms with E-state index in [2.05, 4.69) is 45.2 Å². The summed E-state index contributed by atoms with van der Waals surface area (Å²) >= 11 is 3.49. The summed E-state index contributed by atoms with van der Waals surface area (Å²) < 4.78 is 26.8. The quantitative estimate of drug-likeness (QED) is 0.418. The largest absolute Gasteiger partial charge is 0.497 e. The number of hydrogen-bond donors (Lipinski definition) is 0. The molecule has 4 rings (SSSR count). The maximum atomic E-state index is 6.42. The fourth-order valence-corrected chi connectivity index (χ4v) is 3.93. The van der Waals surface area contributed by atoms with Crippen molar-refractivity contribution in [3.8, 4) is 5.75 Å². The van der Waals surface area contributed by atoms with E-state index >= 15 is 0 Å². The van der Waals surface area contributed by atoms with Crippen LogP contribution < -0.4 is 4.74 Å². The number of methoxy groups -OCH3 is 1. The van der Waals surface area contributed by atoms with E-state index in [1.807, 2.05) is 35.0 Å². The Labute approximate surface area is 191 Å². The first kappa shape index (κ1) is 22.0. The van der Waals surface area contributed by atoms with Gasteiger partial charge in [-0.3, -0.25) is 0 Å². The zero-order valence-corrected chi connectivity index (χ0v) is 19.2. The van der Waals surface area contributed by atoms with Gasteiger partial charge in [-0.25, -0.2) is 4.98 Å². The van der Waals surface area contributed by atoms with Gasteiger partial charge in [0.05, 0.1) is 39.8 Å². The van der Waals surface area contributed by atoms with Gasteiger partial charge in [0.2, 0.25) is 0 Å². The molecule has 0 aliphatic carbocycles.